The Kier molecular flexibility index (Phi) is 6.01. The fourth-order valence-corrected chi connectivity index (χ4v) is 3.13. The second-order valence-corrected chi connectivity index (χ2v) is 6.91. The molecular weight excluding hydrogens is 359 g/mol. The van der Waals surface area contributed by atoms with Crippen LogP contribution in [-0.4, -0.2) is 37.4 Å². The molecule has 9 heteroatoms. The van der Waals surface area contributed by atoms with E-state index in [0.717, 1.165) is 29.6 Å². The molecule has 6 nitrogen and oxygen atoms in total. The number of rotatable bonds is 6. The average molecular weight is 385 g/mol. The predicted molar refractivity (Wildman–Crippen MR) is 95.0 cm³/mol. The first-order chi connectivity index (χ1) is 12.5. The van der Waals surface area contributed by atoms with E-state index in [0.29, 0.717) is 12.2 Å². The molecule has 0 saturated heterocycles. The molecule has 0 bridgehead atoms. The summed E-state index contributed by atoms with van der Waals surface area (Å²) in [6, 6.07) is 0.993. The highest BCUT2D eigenvalue weighted by Gasteiger charge is 2.34. The second kappa shape index (κ2) is 7.74. The number of halogens is 3. The molecule has 0 aliphatic heterocycles. The largest absolute Gasteiger partial charge is 0.435 e. The summed E-state index contributed by atoms with van der Waals surface area (Å²) < 4.78 is 41.5. The van der Waals surface area contributed by atoms with E-state index in [1.54, 1.807) is 25.8 Å². The molecular formula is C18H26F3N5O. The molecule has 0 radical (unpaired) electrons. The molecule has 2 heterocycles. The topological polar surface area (TPSA) is 56.0 Å². The van der Waals surface area contributed by atoms with E-state index >= 15 is 0 Å². The molecule has 2 rings (SSSR count). The van der Waals surface area contributed by atoms with Gasteiger partial charge in [0.25, 0.3) is 0 Å². The van der Waals surface area contributed by atoms with Crippen molar-refractivity contribution >= 4 is 5.91 Å². The molecule has 0 fully saturated rings. The van der Waals surface area contributed by atoms with Crippen molar-refractivity contribution in [2.24, 2.45) is 5.92 Å². The molecule has 2 aromatic rings. The van der Waals surface area contributed by atoms with Gasteiger partial charge in [0.05, 0.1) is 18.2 Å². The predicted octanol–water partition coefficient (Wildman–Crippen LogP) is 3.34. The molecule has 0 aromatic carbocycles. The second-order valence-electron chi connectivity index (χ2n) is 6.91. The molecule has 0 spiro atoms. The molecule has 27 heavy (non-hydrogen) atoms. The van der Waals surface area contributed by atoms with Crippen LogP contribution in [-0.2, 0) is 30.6 Å². The van der Waals surface area contributed by atoms with Crippen LogP contribution < -0.4 is 0 Å². The van der Waals surface area contributed by atoms with Gasteiger partial charge in [-0.2, -0.15) is 23.4 Å². The maximum absolute atomic E-state index is 12.8. The number of carbonyl (C=O) groups excluding carboxylic acids is 1. The molecule has 1 amide bonds. The zero-order valence-corrected chi connectivity index (χ0v) is 16.6. The van der Waals surface area contributed by atoms with E-state index in [1.165, 1.54) is 4.68 Å². The van der Waals surface area contributed by atoms with E-state index in [9.17, 15) is 18.0 Å². The van der Waals surface area contributed by atoms with E-state index < -0.39 is 17.8 Å². The third-order valence-electron chi connectivity index (χ3n) is 4.74. The Hall–Kier alpha value is -2.32. The van der Waals surface area contributed by atoms with E-state index in [-0.39, 0.29) is 12.5 Å². The van der Waals surface area contributed by atoms with E-state index in [1.807, 2.05) is 25.5 Å². The Bertz CT molecular complexity index is 822. The maximum Gasteiger partial charge on any atom is 0.435 e. The first-order valence-corrected chi connectivity index (χ1v) is 8.85. The van der Waals surface area contributed by atoms with Gasteiger partial charge in [-0.3, -0.25) is 14.2 Å². The third-order valence-corrected chi connectivity index (χ3v) is 4.74. The monoisotopic (exact) mass is 385 g/mol. The number of carbonyl (C=O) groups is 1. The minimum absolute atomic E-state index is 0.0945. The van der Waals surface area contributed by atoms with Gasteiger partial charge in [0.15, 0.2) is 5.69 Å². The Balaban J connectivity index is 2.09. The van der Waals surface area contributed by atoms with Crippen LogP contribution >= 0.6 is 0 Å². The van der Waals surface area contributed by atoms with Crippen LogP contribution in [0.3, 0.4) is 0 Å². The summed E-state index contributed by atoms with van der Waals surface area (Å²) in [5, 5.41) is 8.05. The van der Waals surface area contributed by atoms with Crippen molar-refractivity contribution in [1.29, 1.82) is 0 Å². The number of nitrogens with zero attached hydrogens (tertiary/aromatic N) is 5. The zero-order chi connectivity index (χ0) is 20.5. The number of hydrogen-bond donors (Lipinski definition) is 0. The van der Waals surface area contributed by atoms with Gasteiger partial charge in [-0.15, -0.1) is 0 Å². The Morgan fingerprint density at radius 2 is 1.85 bits per heavy atom. The van der Waals surface area contributed by atoms with Gasteiger partial charge in [0.2, 0.25) is 5.91 Å². The lowest BCUT2D eigenvalue weighted by atomic mass is 10.1. The Labute approximate surface area is 157 Å². The smallest absolute Gasteiger partial charge is 0.341 e. The summed E-state index contributed by atoms with van der Waals surface area (Å²) >= 11 is 0. The molecule has 1 atom stereocenters. The van der Waals surface area contributed by atoms with Crippen molar-refractivity contribution in [2.75, 3.05) is 7.05 Å². The molecule has 0 N–H and O–H groups in total. The van der Waals surface area contributed by atoms with Gasteiger partial charge >= 0.3 is 6.18 Å². The van der Waals surface area contributed by atoms with Gasteiger partial charge in [0.1, 0.15) is 0 Å². The average Bonchev–Trinajstić information content (AvgIpc) is 3.08. The van der Waals surface area contributed by atoms with Crippen molar-refractivity contribution in [3.05, 3.63) is 34.4 Å². The number of alkyl halides is 3. The van der Waals surface area contributed by atoms with Crippen LogP contribution in [0.5, 0.6) is 0 Å². The van der Waals surface area contributed by atoms with Crippen molar-refractivity contribution in [3.8, 4) is 0 Å². The lowest BCUT2D eigenvalue weighted by molar-refractivity contribution is -0.141. The van der Waals surface area contributed by atoms with Crippen LogP contribution in [0.2, 0.25) is 0 Å². The highest BCUT2D eigenvalue weighted by atomic mass is 19.4. The van der Waals surface area contributed by atoms with Crippen LogP contribution in [0.4, 0.5) is 13.2 Å². The minimum Gasteiger partial charge on any atom is -0.341 e. The Morgan fingerprint density at radius 1 is 1.22 bits per heavy atom. The van der Waals surface area contributed by atoms with Crippen LogP contribution in [0.1, 0.15) is 42.2 Å². The van der Waals surface area contributed by atoms with Crippen molar-refractivity contribution in [2.45, 2.75) is 60.4 Å². The molecule has 150 valence electrons. The number of aryl methyl sites for hydroxylation is 3. The highest BCUT2D eigenvalue weighted by Crippen LogP contribution is 2.28. The summed E-state index contributed by atoms with van der Waals surface area (Å²) in [6.07, 6.45) is -4.49. The fourth-order valence-electron chi connectivity index (χ4n) is 3.13. The summed E-state index contributed by atoms with van der Waals surface area (Å²) in [4.78, 5) is 14.3. The summed E-state index contributed by atoms with van der Waals surface area (Å²) in [7, 11) is 1.69. The first-order valence-electron chi connectivity index (χ1n) is 8.85. The maximum atomic E-state index is 12.8. The quantitative estimate of drug-likeness (QED) is 0.766. The van der Waals surface area contributed by atoms with Crippen LogP contribution in [0, 0.1) is 26.7 Å². The fraction of sp³-hybridized carbons (Fsp3) is 0.611. The normalized spacial score (nSPS) is 13.1. The Morgan fingerprint density at radius 3 is 2.33 bits per heavy atom. The van der Waals surface area contributed by atoms with Gasteiger partial charge in [-0.05, 0) is 33.8 Å². The first kappa shape index (κ1) is 21.0. The minimum atomic E-state index is -4.49. The summed E-state index contributed by atoms with van der Waals surface area (Å²) in [6.45, 7) is 10.4. The SMILES string of the molecule is CCn1nc(C)c(CN(C)C(=O)[C@H](C)Cn2nc(C(F)(F)F)cc2C)c1C. The van der Waals surface area contributed by atoms with Crippen LogP contribution in [0.15, 0.2) is 6.07 Å². The van der Waals surface area contributed by atoms with E-state index in [2.05, 4.69) is 10.2 Å². The standard InChI is InChI=1S/C18H26F3N5O/c1-7-25-14(5)15(13(4)22-25)10-24(6)17(27)11(2)9-26-12(3)8-16(23-26)18(19,20)21/h8,11H,7,9-10H2,1-6H3/t11-/m1/s1. The zero-order valence-electron chi connectivity index (χ0n) is 16.6. The van der Waals surface area contributed by atoms with Crippen molar-refractivity contribution < 1.29 is 18.0 Å². The number of amides is 1. The van der Waals surface area contributed by atoms with Crippen molar-refractivity contribution in [1.82, 2.24) is 24.5 Å². The van der Waals surface area contributed by atoms with Gasteiger partial charge in [-0.1, -0.05) is 6.92 Å². The highest BCUT2D eigenvalue weighted by molar-refractivity contribution is 5.78. The molecule has 2 aromatic heterocycles. The van der Waals surface area contributed by atoms with Gasteiger partial charge in [0, 0.05) is 37.1 Å². The van der Waals surface area contributed by atoms with E-state index in [4.69, 9.17) is 0 Å². The van der Waals surface area contributed by atoms with Gasteiger partial charge < -0.3 is 4.90 Å². The molecule has 0 saturated carbocycles. The summed E-state index contributed by atoms with van der Waals surface area (Å²) in [5.41, 5.74) is 2.32. The number of aromatic nitrogens is 4. The summed E-state index contributed by atoms with van der Waals surface area (Å²) in [5.74, 6) is -0.655. The molecule has 0 aliphatic rings. The lowest BCUT2D eigenvalue weighted by Crippen LogP contribution is -2.34. The van der Waals surface area contributed by atoms with Crippen LogP contribution in [0.25, 0.3) is 0 Å². The lowest BCUT2D eigenvalue weighted by Gasteiger charge is -2.22. The number of hydrogen-bond acceptors (Lipinski definition) is 3. The molecule has 0 unspecified atom stereocenters. The molecule has 0 aliphatic carbocycles. The van der Waals surface area contributed by atoms with Crippen molar-refractivity contribution in [3.63, 3.8) is 0 Å². The van der Waals surface area contributed by atoms with Gasteiger partial charge in [-0.25, -0.2) is 0 Å². The third kappa shape index (κ3) is 4.51.